The zero-order valence-corrected chi connectivity index (χ0v) is 13.1. The van der Waals surface area contributed by atoms with E-state index in [4.69, 9.17) is 5.73 Å². The molecule has 2 amide bonds. The molecule has 5 nitrogen and oxygen atoms in total. The van der Waals surface area contributed by atoms with E-state index in [9.17, 15) is 9.59 Å². The lowest BCUT2D eigenvalue weighted by atomic mass is 10.1. The topological polar surface area (TPSA) is 75.4 Å². The van der Waals surface area contributed by atoms with Gasteiger partial charge in [-0.1, -0.05) is 28.9 Å². The van der Waals surface area contributed by atoms with Gasteiger partial charge in [-0.05, 0) is 31.0 Å². The van der Waals surface area contributed by atoms with E-state index in [1.54, 1.807) is 0 Å². The summed E-state index contributed by atoms with van der Waals surface area (Å²) in [5, 5.41) is 2.37. The van der Waals surface area contributed by atoms with Crippen LogP contribution >= 0.6 is 15.9 Å². The molecule has 1 aliphatic rings. The summed E-state index contributed by atoms with van der Waals surface area (Å²) in [7, 11) is 0. The smallest absolute Gasteiger partial charge is 0.249 e. The fraction of sp³-hybridized carbons (Fsp3) is 0.429. The molecular formula is C14H18BrN3O2. The molecule has 1 aromatic carbocycles. The molecule has 1 unspecified atom stereocenters. The van der Waals surface area contributed by atoms with Crippen molar-refractivity contribution in [1.82, 2.24) is 5.32 Å². The summed E-state index contributed by atoms with van der Waals surface area (Å²) < 4.78 is 0.887. The summed E-state index contributed by atoms with van der Waals surface area (Å²) in [5.74, 6) is -0.511. The van der Waals surface area contributed by atoms with Gasteiger partial charge in [-0.3, -0.25) is 14.9 Å². The first kappa shape index (κ1) is 15.0. The van der Waals surface area contributed by atoms with Crippen LogP contribution < -0.4 is 16.0 Å². The van der Waals surface area contributed by atoms with Gasteiger partial charge in [0, 0.05) is 16.2 Å². The summed E-state index contributed by atoms with van der Waals surface area (Å²) in [5.41, 5.74) is 7.72. The Morgan fingerprint density at radius 3 is 2.75 bits per heavy atom. The van der Waals surface area contributed by atoms with Gasteiger partial charge in [-0.15, -0.1) is 0 Å². The second-order valence-electron chi connectivity index (χ2n) is 4.96. The fourth-order valence-electron chi connectivity index (χ4n) is 2.41. The van der Waals surface area contributed by atoms with Gasteiger partial charge in [0.1, 0.15) is 6.04 Å². The zero-order chi connectivity index (χ0) is 14.9. The maximum atomic E-state index is 11.9. The van der Waals surface area contributed by atoms with Gasteiger partial charge in [0.25, 0.3) is 0 Å². The molecule has 1 saturated heterocycles. The Hall–Kier alpha value is -1.40. The summed E-state index contributed by atoms with van der Waals surface area (Å²) in [6, 6.07) is 5.34. The molecule has 2 atom stereocenters. The predicted molar refractivity (Wildman–Crippen MR) is 81.3 cm³/mol. The minimum absolute atomic E-state index is 0.0771. The average Bonchev–Trinajstić information content (AvgIpc) is 2.37. The highest BCUT2D eigenvalue weighted by Gasteiger charge is 2.32. The van der Waals surface area contributed by atoms with Crippen LogP contribution in [0.1, 0.15) is 31.9 Å². The van der Waals surface area contributed by atoms with Crippen LogP contribution in [0.5, 0.6) is 0 Å². The highest BCUT2D eigenvalue weighted by molar-refractivity contribution is 9.10. The molecule has 0 spiro atoms. The maximum absolute atomic E-state index is 11.9. The first-order chi connectivity index (χ1) is 9.43. The van der Waals surface area contributed by atoms with E-state index in [2.05, 4.69) is 21.2 Å². The zero-order valence-electron chi connectivity index (χ0n) is 11.5. The number of hydrogen-bond acceptors (Lipinski definition) is 4. The summed E-state index contributed by atoms with van der Waals surface area (Å²) >= 11 is 3.49. The van der Waals surface area contributed by atoms with E-state index in [1.807, 2.05) is 36.9 Å². The lowest BCUT2D eigenvalue weighted by molar-refractivity contribution is -0.132. The van der Waals surface area contributed by atoms with E-state index >= 15 is 0 Å². The van der Waals surface area contributed by atoms with Gasteiger partial charge in [0.15, 0.2) is 0 Å². The minimum Gasteiger partial charge on any atom is -0.350 e. The van der Waals surface area contributed by atoms with Crippen LogP contribution in [0, 0.1) is 0 Å². The molecule has 1 aliphatic heterocycles. The van der Waals surface area contributed by atoms with E-state index in [1.165, 1.54) is 0 Å². The van der Waals surface area contributed by atoms with E-state index in [-0.39, 0.29) is 30.4 Å². The molecule has 108 valence electrons. The molecule has 3 N–H and O–H groups in total. The van der Waals surface area contributed by atoms with Crippen molar-refractivity contribution in [3.05, 3.63) is 28.2 Å². The number of carbonyl (C=O) groups is 2. The number of nitrogens with two attached hydrogens (primary N) is 1. The van der Waals surface area contributed by atoms with E-state index in [0.29, 0.717) is 6.42 Å². The number of nitrogens with one attached hydrogen (secondary N) is 1. The first-order valence-electron chi connectivity index (χ1n) is 6.59. The fourth-order valence-corrected chi connectivity index (χ4v) is 3.14. The third-order valence-corrected chi connectivity index (χ3v) is 4.14. The van der Waals surface area contributed by atoms with E-state index < -0.39 is 0 Å². The molecular weight excluding hydrogens is 322 g/mol. The van der Waals surface area contributed by atoms with Crippen molar-refractivity contribution in [2.75, 3.05) is 11.4 Å². The number of imide groups is 1. The van der Waals surface area contributed by atoms with Crippen LogP contribution in [0.25, 0.3) is 0 Å². The van der Waals surface area contributed by atoms with Crippen molar-refractivity contribution in [2.24, 2.45) is 5.73 Å². The van der Waals surface area contributed by atoms with Crippen molar-refractivity contribution >= 4 is 33.4 Å². The lowest BCUT2D eigenvalue weighted by Crippen LogP contribution is -2.58. The Balaban J connectivity index is 2.36. The number of hydrogen-bond donors (Lipinski definition) is 2. The van der Waals surface area contributed by atoms with Crippen LogP contribution in [0.3, 0.4) is 0 Å². The van der Waals surface area contributed by atoms with Gasteiger partial charge >= 0.3 is 0 Å². The number of nitrogens with zero attached hydrogens (tertiary/aromatic N) is 1. The molecule has 0 bridgehead atoms. The number of carbonyl (C=O) groups excluding carboxylic acids is 2. The molecule has 1 aromatic rings. The Labute approximate surface area is 126 Å². The van der Waals surface area contributed by atoms with Crippen molar-refractivity contribution in [3.8, 4) is 0 Å². The van der Waals surface area contributed by atoms with Crippen LogP contribution in [-0.4, -0.2) is 24.4 Å². The van der Waals surface area contributed by atoms with Gasteiger partial charge < -0.3 is 10.6 Å². The third-order valence-electron chi connectivity index (χ3n) is 3.45. The molecule has 20 heavy (non-hydrogen) atoms. The van der Waals surface area contributed by atoms with Crippen molar-refractivity contribution < 1.29 is 9.59 Å². The van der Waals surface area contributed by atoms with Crippen LogP contribution in [-0.2, 0) is 9.59 Å². The van der Waals surface area contributed by atoms with Crippen molar-refractivity contribution in [1.29, 1.82) is 0 Å². The summed E-state index contributed by atoms with van der Waals surface area (Å²) in [6.45, 7) is 4.03. The van der Waals surface area contributed by atoms with Gasteiger partial charge in [0.2, 0.25) is 11.8 Å². The summed E-state index contributed by atoms with van der Waals surface area (Å²) in [6.07, 6.45) is 0.645. The van der Waals surface area contributed by atoms with Crippen LogP contribution in [0.15, 0.2) is 22.7 Å². The predicted octanol–water partition coefficient (Wildman–Crippen LogP) is 1.71. The van der Waals surface area contributed by atoms with Crippen molar-refractivity contribution in [2.45, 2.75) is 32.4 Å². The first-order valence-corrected chi connectivity index (χ1v) is 7.38. The molecule has 0 aromatic heterocycles. The molecule has 1 fully saturated rings. The van der Waals surface area contributed by atoms with Crippen LogP contribution in [0.4, 0.5) is 5.69 Å². The highest BCUT2D eigenvalue weighted by Crippen LogP contribution is 2.29. The van der Waals surface area contributed by atoms with Gasteiger partial charge in [-0.2, -0.15) is 0 Å². The molecule has 0 saturated carbocycles. The standard InChI is InChI=1S/C14H18BrN3O2/c1-3-12-14(20)17-13(19)7-18(12)9-4-5-10(8(2)16)11(15)6-9/h4-6,8,12H,3,7,16H2,1-2H3,(H,17,19,20)/t8-,12?/m1/s1. The molecule has 0 radical (unpaired) electrons. The number of benzene rings is 1. The normalized spacial score (nSPS) is 20.8. The Bertz CT molecular complexity index is 545. The lowest BCUT2D eigenvalue weighted by Gasteiger charge is -2.35. The number of rotatable bonds is 3. The maximum Gasteiger partial charge on any atom is 0.249 e. The third kappa shape index (κ3) is 2.86. The minimum atomic E-state index is -0.319. The quantitative estimate of drug-likeness (QED) is 0.822. The molecule has 1 heterocycles. The van der Waals surface area contributed by atoms with E-state index in [0.717, 1.165) is 15.7 Å². The number of amides is 2. The Kier molecular flexibility index (Phi) is 4.45. The van der Waals surface area contributed by atoms with Crippen molar-refractivity contribution in [3.63, 3.8) is 0 Å². The molecule has 2 rings (SSSR count). The molecule has 6 heteroatoms. The highest BCUT2D eigenvalue weighted by atomic mass is 79.9. The average molecular weight is 340 g/mol. The Morgan fingerprint density at radius 2 is 2.20 bits per heavy atom. The monoisotopic (exact) mass is 339 g/mol. The number of halogens is 1. The SMILES string of the molecule is CCC1C(=O)NC(=O)CN1c1ccc([C@@H](C)N)c(Br)c1. The second kappa shape index (κ2) is 5.93. The summed E-state index contributed by atoms with van der Waals surface area (Å²) in [4.78, 5) is 25.3. The second-order valence-corrected chi connectivity index (χ2v) is 5.81. The molecule has 0 aliphatic carbocycles. The largest absolute Gasteiger partial charge is 0.350 e. The van der Waals surface area contributed by atoms with Crippen LogP contribution in [0.2, 0.25) is 0 Å². The Morgan fingerprint density at radius 1 is 1.50 bits per heavy atom. The van der Waals surface area contributed by atoms with Gasteiger partial charge in [0.05, 0.1) is 6.54 Å². The number of piperazine rings is 1. The van der Waals surface area contributed by atoms with Gasteiger partial charge in [-0.25, -0.2) is 0 Å². The number of anilines is 1.